The van der Waals surface area contributed by atoms with Gasteiger partial charge >= 0.3 is 0 Å². The second kappa shape index (κ2) is 12.5. The van der Waals surface area contributed by atoms with Crippen LogP contribution < -0.4 is 15.5 Å². The number of hydrogen-bond acceptors (Lipinski definition) is 5. The highest BCUT2D eigenvalue weighted by molar-refractivity contribution is 5.81. The van der Waals surface area contributed by atoms with E-state index in [1.165, 1.54) is 5.56 Å². The number of amides is 1. The number of carbonyl (C=O) groups is 1. The quantitative estimate of drug-likeness (QED) is 0.363. The molecule has 1 fully saturated rings. The lowest BCUT2D eigenvalue weighted by Gasteiger charge is -2.34. The van der Waals surface area contributed by atoms with Crippen LogP contribution in [0.2, 0.25) is 0 Å². The molecule has 0 saturated carbocycles. The van der Waals surface area contributed by atoms with Crippen LogP contribution in [0.4, 0.5) is 5.95 Å². The van der Waals surface area contributed by atoms with Gasteiger partial charge in [0.05, 0.1) is 0 Å². The van der Waals surface area contributed by atoms with Crippen LogP contribution in [-0.4, -0.2) is 72.5 Å². The lowest BCUT2D eigenvalue weighted by atomic mass is 10.1. The van der Waals surface area contributed by atoms with Crippen molar-refractivity contribution in [3.8, 4) is 0 Å². The molecule has 1 saturated heterocycles. The first-order valence-electron chi connectivity index (χ1n) is 11.1. The van der Waals surface area contributed by atoms with Crippen LogP contribution in [0.5, 0.6) is 0 Å². The van der Waals surface area contributed by atoms with E-state index >= 15 is 0 Å². The average molecular weight is 424 g/mol. The lowest BCUT2D eigenvalue weighted by molar-refractivity contribution is -0.131. The van der Waals surface area contributed by atoms with Crippen LogP contribution in [0, 0.1) is 0 Å². The molecule has 31 heavy (non-hydrogen) atoms. The van der Waals surface area contributed by atoms with Crippen LogP contribution in [0.3, 0.4) is 0 Å². The summed E-state index contributed by atoms with van der Waals surface area (Å²) in [5.41, 5.74) is 1.33. The number of rotatable bonds is 9. The van der Waals surface area contributed by atoms with Crippen molar-refractivity contribution in [2.45, 2.75) is 26.2 Å². The zero-order valence-corrected chi connectivity index (χ0v) is 18.3. The van der Waals surface area contributed by atoms with Gasteiger partial charge in [-0.2, -0.15) is 0 Å². The fraction of sp³-hybridized carbons (Fsp3) is 0.478. The van der Waals surface area contributed by atoms with Gasteiger partial charge in [0.2, 0.25) is 11.9 Å². The summed E-state index contributed by atoms with van der Waals surface area (Å²) in [7, 11) is 0. The summed E-state index contributed by atoms with van der Waals surface area (Å²) >= 11 is 0. The third-order valence-electron chi connectivity index (χ3n) is 5.18. The molecule has 1 aromatic heterocycles. The van der Waals surface area contributed by atoms with Crippen molar-refractivity contribution in [2.24, 2.45) is 4.99 Å². The Labute approximate surface area is 184 Å². The highest BCUT2D eigenvalue weighted by atomic mass is 16.2. The van der Waals surface area contributed by atoms with Crippen molar-refractivity contribution in [3.63, 3.8) is 0 Å². The Morgan fingerprint density at radius 2 is 1.77 bits per heavy atom. The van der Waals surface area contributed by atoms with Crippen LogP contribution >= 0.6 is 0 Å². The first kappa shape index (κ1) is 22.5. The second-order valence-electron chi connectivity index (χ2n) is 7.44. The standard InChI is InChI=1S/C23H33N7O/c1-2-24-22(25-12-6-10-20-8-4-3-5-9-20)26-15-11-21(31)29-16-18-30(19-17-29)23-27-13-7-14-28-23/h3-5,7-9,13-14H,2,6,10-12,15-19H2,1H3,(H2,24,25,26). The maximum Gasteiger partial charge on any atom is 0.225 e. The molecule has 3 rings (SSSR count). The van der Waals surface area contributed by atoms with Crippen molar-refractivity contribution in [2.75, 3.05) is 50.7 Å². The van der Waals surface area contributed by atoms with Gasteiger partial charge in [-0.25, -0.2) is 9.97 Å². The smallest absolute Gasteiger partial charge is 0.225 e. The zero-order chi connectivity index (χ0) is 21.7. The van der Waals surface area contributed by atoms with E-state index in [9.17, 15) is 4.79 Å². The molecule has 0 radical (unpaired) electrons. The van der Waals surface area contributed by atoms with E-state index in [4.69, 9.17) is 0 Å². The first-order chi connectivity index (χ1) is 15.3. The Balaban J connectivity index is 1.35. The molecule has 1 aromatic carbocycles. The fourth-order valence-electron chi connectivity index (χ4n) is 3.52. The van der Waals surface area contributed by atoms with Crippen molar-refractivity contribution in [3.05, 3.63) is 54.4 Å². The maximum atomic E-state index is 12.6. The zero-order valence-electron chi connectivity index (χ0n) is 18.3. The van der Waals surface area contributed by atoms with Gasteiger partial charge in [-0.15, -0.1) is 0 Å². The molecule has 2 aromatic rings. The molecular weight excluding hydrogens is 390 g/mol. The normalized spacial score (nSPS) is 14.4. The van der Waals surface area contributed by atoms with Crippen molar-refractivity contribution in [1.29, 1.82) is 0 Å². The van der Waals surface area contributed by atoms with E-state index in [0.717, 1.165) is 50.9 Å². The SMILES string of the molecule is CCNC(=NCCCc1ccccc1)NCCC(=O)N1CCN(c2ncccn2)CC1. The van der Waals surface area contributed by atoms with Gasteiger partial charge in [-0.3, -0.25) is 9.79 Å². The van der Waals surface area contributed by atoms with E-state index < -0.39 is 0 Å². The van der Waals surface area contributed by atoms with Gasteiger partial charge in [0, 0.05) is 64.6 Å². The number of aryl methyl sites for hydroxylation is 1. The summed E-state index contributed by atoms with van der Waals surface area (Å²) in [5.74, 6) is 1.67. The number of carbonyl (C=O) groups excluding carboxylic acids is 1. The molecule has 2 N–H and O–H groups in total. The van der Waals surface area contributed by atoms with Crippen LogP contribution in [-0.2, 0) is 11.2 Å². The number of guanidine groups is 1. The second-order valence-corrected chi connectivity index (χ2v) is 7.44. The molecule has 1 aliphatic heterocycles. The van der Waals surface area contributed by atoms with E-state index in [1.54, 1.807) is 12.4 Å². The number of aliphatic imine (C=N–C) groups is 1. The molecule has 0 bridgehead atoms. The summed E-state index contributed by atoms with van der Waals surface area (Å²) < 4.78 is 0. The molecule has 0 atom stereocenters. The van der Waals surface area contributed by atoms with Crippen LogP contribution in [0.25, 0.3) is 0 Å². The Morgan fingerprint density at radius 3 is 2.48 bits per heavy atom. The van der Waals surface area contributed by atoms with Gasteiger partial charge < -0.3 is 20.4 Å². The predicted molar refractivity (Wildman–Crippen MR) is 124 cm³/mol. The molecule has 8 nitrogen and oxygen atoms in total. The third kappa shape index (κ3) is 7.55. The summed E-state index contributed by atoms with van der Waals surface area (Å²) in [4.78, 5) is 29.8. The molecule has 0 spiro atoms. The number of nitrogens with one attached hydrogen (secondary N) is 2. The highest BCUT2D eigenvalue weighted by Gasteiger charge is 2.22. The summed E-state index contributed by atoms with van der Waals surface area (Å²) in [6.07, 6.45) is 5.96. The number of benzene rings is 1. The van der Waals surface area contributed by atoms with Gasteiger partial charge in [-0.05, 0) is 31.4 Å². The van der Waals surface area contributed by atoms with Gasteiger partial charge in [0.15, 0.2) is 5.96 Å². The third-order valence-corrected chi connectivity index (χ3v) is 5.18. The van der Waals surface area contributed by atoms with Crippen molar-refractivity contribution in [1.82, 2.24) is 25.5 Å². The van der Waals surface area contributed by atoms with Crippen molar-refractivity contribution < 1.29 is 4.79 Å². The summed E-state index contributed by atoms with van der Waals surface area (Å²) in [6, 6.07) is 12.3. The Morgan fingerprint density at radius 1 is 1.03 bits per heavy atom. The molecule has 166 valence electrons. The molecule has 1 amide bonds. The molecule has 0 unspecified atom stereocenters. The average Bonchev–Trinajstić information content (AvgIpc) is 2.83. The highest BCUT2D eigenvalue weighted by Crippen LogP contribution is 2.10. The minimum Gasteiger partial charge on any atom is -0.357 e. The van der Waals surface area contributed by atoms with E-state index in [0.29, 0.717) is 26.1 Å². The van der Waals surface area contributed by atoms with E-state index in [-0.39, 0.29) is 5.91 Å². The first-order valence-corrected chi connectivity index (χ1v) is 11.1. The maximum absolute atomic E-state index is 12.6. The monoisotopic (exact) mass is 423 g/mol. The molecule has 0 aliphatic carbocycles. The van der Waals surface area contributed by atoms with E-state index in [1.807, 2.05) is 24.0 Å². The molecule has 2 heterocycles. The van der Waals surface area contributed by atoms with Gasteiger partial charge in [-0.1, -0.05) is 30.3 Å². The number of aromatic nitrogens is 2. The Kier molecular flexibility index (Phi) is 9.09. The van der Waals surface area contributed by atoms with Crippen molar-refractivity contribution >= 4 is 17.8 Å². The topological polar surface area (TPSA) is 85.8 Å². The predicted octanol–water partition coefficient (Wildman–Crippen LogP) is 1.70. The van der Waals surface area contributed by atoms with Gasteiger partial charge in [0.25, 0.3) is 0 Å². The molecular formula is C23H33N7O. The Hall–Kier alpha value is -3.16. The minimum atomic E-state index is 0.168. The number of anilines is 1. The molecule has 1 aliphatic rings. The number of hydrogen-bond donors (Lipinski definition) is 2. The summed E-state index contributed by atoms with van der Waals surface area (Å²) in [5, 5.41) is 6.54. The van der Waals surface area contributed by atoms with Crippen LogP contribution in [0.15, 0.2) is 53.8 Å². The largest absolute Gasteiger partial charge is 0.357 e. The van der Waals surface area contributed by atoms with E-state index in [2.05, 4.69) is 54.8 Å². The summed E-state index contributed by atoms with van der Waals surface area (Å²) in [6.45, 7) is 7.08. The van der Waals surface area contributed by atoms with Gasteiger partial charge in [0.1, 0.15) is 0 Å². The Bertz CT molecular complexity index is 805. The number of nitrogens with zero attached hydrogens (tertiary/aromatic N) is 5. The lowest BCUT2D eigenvalue weighted by Crippen LogP contribution is -2.50. The van der Waals surface area contributed by atoms with Crippen LogP contribution in [0.1, 0.15) is 25.3 Å². The number of piperazine rings is 1. The molecule has 8 heteroatoms. The minimum absolute atomic E-state index is 0.168. The fourth-order valence-corrected chi connectivity index (χ4v) is 3.52.